The second kappa shape index (κ2) is 6.99. The van der Waals surface area contributed by atoms with Crippen LogP contribution in [0.15, 0.2) is 82.0 Å². The van der Waals surface area contributed by atoms with Gasteiger partial charge in [-0.2, -0.15) is 0 Å². The van der Waals surface area contributed by atoms with Crippen molar-refractivity contribution in [1.82, 2.24) is 0 Å². The highest BCUT2D eigenvalue weighted by atomic mass is 16.3. The van der Waals surface area contributed by atoms with Crippen molar-refractivity contribution < 1.29 is 9.21 Å². The minimum atomic E-state index is -0.526. The van der Waals surface area contributed by atoms with E-state index in [1.165, 1.54) is 5.56 Å². The Kier molecular flexibility index (Phi) is 4.28. The molecule has 1 aliphatic heterocycles. The Bertz CT molecular complexity index is 1320. The first-order valence-electron chi connectivity index (χ1n) is 10.1. The Morgan fingerprint density at radius 3 is 2.37 bits per heavy atom. The lowest BCUT2D eigenvalue weighted by Gasteiger charge is -2.25. The van der Waals surface area contributed by atoms with Crippen molar-refractivity contribution in [3.05, 3.63) is 111 Å². The predicted molar refractivity (Wildman–Crippen MR) is 118 cm³/mol. The van der Waals surface area contributed by atoms with E-state index in [1.807, 2.05) is 73.7 Å². The number of hydrogen-bond donors (Lipinski definition) is 0. The molecule has 0 spiro atoms. The van der Waals surface area contributed by atoms with Gasteiger partial charge in [0.2, 0.25) is 5.76 Å². The quantitative estimate of drug-likeness (QED) is 0.466. The van der Waals surface area contributed by atoms with Crippen LogP contribution in [-0.4, -0.2) is 5.91 Å². The highest BCUT2D eigenvalue weighted by Crippen LogP contribution is 2.41. The van der Waals surface area contributed by atoms with E-state index in [0.29, 0.717) is 16.5 Å². The summed E-state index contributed by atoms with van der Waals surface area (Å²) in [4.78, 5) is 28.7. The molecule has 1 atom stereocenters. The van der Waals surface area contributed by atoms with E-state index in [2.05, 4.69) is 6.92 Å². The van der Waals surface area contributed by atoms with Crippen molar-refractivity contribution in [2.75, 3.05) is 4.90 Å². The maximum Gasteiger partial charge on any atom is 0.295 e. The normalized spacial score (nSPS) is 15.6. The molecule has 0 saturated carbocycles. The van der Waals surface area contributed by atoms with Crippen molar-refractivity contribution in [2.24, 2.45) is 0 Å². The third kappa shape index (κ3) is 2.76. The number of amides is 1. The largest absolute Gasteiger partial charge is 0.450 e. The number of rotatable bonds is 3. The lowest BCUT2D eigenvalue weighted by atomic mass is 9.96. The fourth-order valence-electron chi connectivity index (χ4n) is 4.19. The van der Waals surface area contributed by atoms with Crippen LogP contribution >= 0.6 is 0 Å². The van der Waals surface area contributed by atoms with E-state index in [-0.39, 0.29) is 17.1 Å². The van der Waals surface area contributed by atoms with Crippen molar-refractivity contribution in [3.63, 3.8) is 0 Å². The molecule has 0 radical (unpaired) electrons. The standard InChI is InChI=1S/C26H21NO3/c1-3-17-10-12-18(13-11-17)23-22-24(28)20-15-16(2)9-14-21(20)30-25(22)26(29)27(23)19-7-5-4-6-8-19/h4-15,23H,3H2,1-2H3. The van der Waals surface area contributed by atoms with Crippen LogP contribution in [-0.2, 0) is 6.42 Å². The number of anilines is 1. The average Bonchev–Trinajstić information content (AvgIpc) is 3.07. The van der Waals surface area contributed by atoms with E-state index >= 15 is 0 Å². The van der Waals surface area contributed by atoms with Crippen LogP contribution in [0.2, 0.25) is 0 Å². The topological polar surface area (TPSA) is 50.5 Å². The first-order valence-corrected chi connectivity index (χ1v) is 10.1. The Labute approximate surface area is 174 Å². The van der Waals surface area contributed by atoms with Gasteiger partial charge < -0.3 is 4.42 Å². The maximum atomic E-state index is 13.6. The van der Waals surface area contributed by atoms with Gasteiger partial charge in [-0.25, -0.2) is 0 Å². The molecule has 0 saturated heterocycles. The van der Waals surface area contributed by atoms with E-state index in [0.717, 1.165) is 23.2 Å². The van der Waals surface area contributed by atoms with Crippen LogP contribution in [0.5, 0.6) is 0 Å². The average molecular weight is 395 g/mol. The number of fused-ring (bicyclic) bond motifs is 2. The summed E-state index contributed by atoms with van der Waals surface area (Å²) in [6, 6.07) is 22.5. The summed E-state index contributed by atoms with van der Waals surface area (Å²) in [7, 11) is 0. The molecule has 1 amide bonds. The SMILES string of the molecule is CCc1ccc(C2c3c(oc4ccc(C)cc4c3=O)C(=O)N2c2ccccc2)cc1. The van der Waals surface area contributed by atoms with E-state index in [9.17, 15) is 9.59 Å². The molecule has 3 aromatic carbocycles. The number of hydrogen-bond acceptors (Lipinski definition) is 3. The number of carbonyl (C=O) groups is 1. The van der Waals surface area contributed by atoms with Crippen LogP contribution in [0.4, 0.5) is 5.69 Å². The van der Waals surface area contributed by atoms with Gasteiger partial charge in [-0.05, 0) is 48.7 Å². The van der Waals surface area contributed by atoms with Crippen molar-refractivity contribution in [2.45, 2.75) is 26.3 Å². The minimum absolute atomic E-state index is 0.129. The molecular formula is C26H21NO3. The van der Waals surface area contributed by atoms with Crippen LogP contribution in [0.25, 0.3) is 11.0 Å². The molecule has 0 fully saturated rings. The summed E-state index contributed by atoms with van der Waals surface area (Å²) in [5, 5.41) is 0.506. The highest BCUT2D eigenvalue weighted by Gasteiger charge is 2.43. The Morgan fingerprint density at radius 1 is 0.933 bits per heavy atom. The monoisotopic (exact) mass is 395 g/mol. The third-order valence-electron chi connectivity index (χ3n) is 5.76. The molecule has 30 heavy (non-hydrogen) atoms. The van der Waals surface area contributed by atoms with E-state index in [4.69, 9.17) is 4.42 Å². The Hall–Kier alpha value is -3.66. The summed E-state index contributed by atoms with van der Waals surface area (Å²) < 4.78 is 6.01. The Morgan fingerprint density at radius 2 is 1.67 bits per heavy atom. The second-order valence-corrected chi connectivity index (χ2v) is 7.68. The van der Waals surface area contributed by atoms with Crippen LogP contribution in [0.3, 0.4) is 0 Å². The van der Waals surface area contributed by atoms with Gasteiger partial charge in [0, 0.05) is 5.69 Å². The molecule has 4 heteroatoms. The molecule has 4 aromatic rings. The lowest BCUT2D eigenvalue weighted by molar-refractivity contribution is 0.0971. The van der Waals surface area contributed by atoms with Gasteiger partial charge in [0.05, 0.1) is 17.0 Å². The maximum absolute atomic E-state index is 13.6. The molecule has 0 bridgehead atoms. The molecule has 5 rings (SSSR count). The first-order chi connectivity index (χ1) is 14.6. The second-order valence-electron chi connectivity index (χ2n) is 7.68. The Balaban J connectivity index is 1.80. The van der Waals surface area contributed by atoms with Crippen LogP contribution < -0.4 is 10.3 Å². The fraction of sp³-hybridized carbons (Fsp3) is 0.154. The van der Waals surface area contributed by atoms with Gasteiger partial charge >= 0.3 is 0 Å². The van der Waals surface area contributed by atoms with Gasteiger partial charge in [-0.1, -0.05) is 61.0 Å². The minimum Gasteiger partial charge on any atom is -0.450 e. The zero-order valence-corrected chi connectivity index (χ0v) is 16.9. The van der Waals surface area contributed by atoms with Gasteiger partial charge in [0.25, 0.3) is 5.91 Å². The summed E-state index contributed by atoms with van der Waals surface area (Å²) in [5.74, 6) is -0.162. The molecule has 1 aromatic heterocycles. The van der Waals surface area contributed by atoms with Gasteiger partial charge in [0.15, 0.2) is 5.43 Å². The van der Waals surface area contributed by atoms with Gasteiger partial charge in [-0.3, -0.25) is 14.5 Å². The summed E-state index contributed by atoms with van der Waals surface area (Å²) >= 11 is 0. The fourth-order valence-corrected chi connectivity index (χ4v) is 4.19. The summed E-state index contributed by atoms with van der Waals surface area (Å²) in [6.07, 6.45) is 0.926. The number of aryl methyl sites for hydroxylation is 2. The zero-order chi connectivity index (χ0) is 20.8. The summed E-state index contributed by atoms with van der Waals surface area (Å²) in [6.45, 7) is 4.04. The molecule has 0 aliphatic carbocycles. The molecular weight excluding hydrogens is 374 g/mol. The molecule has 2 heterocycles. The molecule has 1 aliphatic rings. The highest BCUT2D eigenvalue weighted by molar-refractivity contribution is 6.10. The number of nitrogens with zero attached hydrogens (tertiary/aromatic N) is 1. The molecule has 1 unspecified atom stereocenters. The predicted octanol–water partition coefficient (Wildman–Crippen LogP) is 5.41. The van der Waals surface area contributed by atoms with Gasteiger partial charge in [-0.15, -0.1) is 0 Å². The van der Waals surface area contributed by atoms with Crippen molar-refractivity contribution in [3.8, 4) is 0 Å². The number of carbonyl (C=O) groups excluding carboxylic acids is 1. The molecule has 0 N–H and O–H groups in total. The van der Waals surface area contributed by atoms with Crippen LogP contribution in [0, 0.1) is 6.92 Å². The number of benzene rings is 3. The van der Waals surface area contributed by atoms with Crippen LogP contribution in [0.1, 0.15) is 45.8 Å². The van der Waals surface area contributed by atoms with Crippen molar-refractivity contribution >= 4 is 22.6 Å². The number of para-hydroxylation sites is 1. The van der Waals surface area contributed by atoms with E-state index in [1.54, 1.807) is 11.0 Å². The lowest BCUT2D eigenvalue weighted by Crippen LogP contribution is -2.29. The first kappa shape index (κ1) is 18.4. The van der Waals surface area contributed by atoms with Crippen molar-refractivity contribution in [1.29, 1.82) is 0 Å². The smallest absolute Gasteiger partial charge is 0.295 e. The molecule has 148 valence electrons. The molecule has 4 nitrogen and oxygen atoms in total. The van der Waals surface area contributed by atoms with E-state index < -0.39 is 6.04 Å². The summed E-state index contributed by atoms with van der Waals surface area (Å²) in [5.41, 5.74) is 4.50. The van der Waals surface area contributed by atoms with Gasteiger partial charge in [0.1, 0.15) is 5.58 Å². The zero-order valence-electron chi connectivity index (χ0n) is 16.9. The third-order valence-corrected chi connectivity index (χ3v) is 5.76.